The monoisotopic (exact) mass is 411 g/mol. The van der Waals surface area contributed by atoms with Crippen molar-refractivity contribution in [2.24, 2.45) is 0 Å². The Bertz CT molecular complexity index is 1060. The third-order valence-electron chi connectivity index (χ3n) is 5.81. The molecule has 0 bridgehead atoms. The Morgan fingerprint density at radius 2 is 2.00 bits per heavy atom. The maximum absolute atomic E-state index is 14.0. The third-order valence-corrected chi connectivity index (χ3v) is 6.42. The first-order chi connectivity index (χ1) is 12.5. The van der Waals surface area contributed by atoms with E-state index in [2.05, 4.69) is 25.9 Å². The zero-order chi connectivity index (χ0) is 18.1. The molecule has 2 aliphatic rings. The largest absolute Gasteiger partial charge is 0.313 e. The van der Waals surface area contributed by atoms with Crippen LogP contribution in [0.1, 0.15) is 29.9 Å². The van der Waals surface area contributed by atoms with E-state index in [1.54, 1.807) is 36.6 Å². The van der Waals surface area contributed by atoms with Crippen molar-refractivity contribution in [2.45, 2.75) is 24.2 Å². The molecule has 1 aliphatic carbocycles. The highest BCUT2D eigenvalue weighted by Gasteiger charge is 2.58. The zero-order valence-corrected chi connectivity index (χ0v) is 15.6. The number of carbonyl (C=O) groups is 1. The van der Waals surface area contributed by atoms with Gasteiger partial charge in [-0.25, -0.2) is 4.39 Å². The lowest BCUT2D eigenvalue weighted by atomic mass is 9.57. The Labute approximate surface area is 158 Å². The lowest BCUT2D eigenvalue weighted by Gasteiger charge is -2.44. The number of fused-ring (bicyclic) bond motifs is 4. The van der Waals surface area contributed by atoms with Crippen LogP contribution in [-0.4, -0.2) is 22.9 Å². The number of pyridine rings is 2. The number of aromatic nitrogens is 2. The number of rotatable bonds is 1. The second-order valence-corrected chi connectivity index (χ2v) is 7.99. The summed E-state index contributed by atoms with van der Waals surface area (Å²) in [4.78, 5) is 23.3. The maximum atomic E-state index is 14.0. The highest BCUT2D eigenvalue weighted by Crippen LogP contribution is 2.60. The summed E-state index contributed by atoms with van der Waals surface area (Å²) in [5.74, 6) is 0.0842. The molecule has 1 spiro atoms. The van der Waals surface area contributed by atoms with E-state index in [-0.39, 0.29) is 11.7 Å². The molecular weight excluding hydrogens is 397 g/mol. The molecule has 26 heavy (non-hydrogen) atoms. The van der Waals surface area contributed by atoms with Crippen LogP contribution in [-0.2, 0) is 10.2 Å². The van der Waals surface area contributed by atoms with E-state index in [9.17, 15) is 9.18 Å². The van der Waals surface area contributed by atoms with Crippen LogP contribution in [0.4, 0.5) is 10.1 Å². The van der Waals surface area contributed by atoms with E-state index < -0.39 is 5.41 Å². The summed E-state index contributed by atoms with van der Waals surface area (Å²) in [6.45, 7) is 0. The van der Waals surface area contributed by atoms with E-state index >= 15 is 0 Å². The molecule has 1 aromatic carbocycles. The van der Waals surface area contributed by atoms with Crippen molar-refractivity contribution in [1.29, 1.82) is 0 Å². The summed E-state index contributed by atoms with van der Waals surface area (Å²) in [6, 6.07) is 7.20. The van der Waals surface area contributed by atoms with Gasteiger partial charge in [-0.3, -0.25) is 14.8 Å². The van der Waals surface area contributed by atoms with Gasteiger partial charge in [0.25, 0.3) is 0 Å². The van der Waals surface area contributed by atoms with Crippen LogP contribution in [0.5, 0.6) is 0 Å². The predicted molar refractivity (Wildman–Crippen MR) is 101 cm³/mol. The van der Waals surface area contributed by atoms with Crippen LogP contribution in [0.2, 0.25) is 0 Å². The molecule has 6 heteroatoms. The van der Waals surface area contributed by atoms with Crippen LogP contribution < -0.4 is 4.90 Å². The maximum Gasteiger partial charge on any atom is 0.237 e. The fourth-order valence-corrected chi connectivity index (χ4v) is 4.85. The molecule has 130 valence electrons. The summed E-state index contributed by atoms with van der Waals surface area (Å²) in [7, 11) is 1.79. The normalized spacial score (nSPS) is 24.2. The van der Waals surface area contributed by atoms with Gasteiger partial charge in [0.15, 0.2) is 0 Å². The minimum absolute atomic E-state index is 0.104. The zero-order valence-electron chi connectivity index (χ0n) is 14.0. The summed E-state index contributed by atoms with van der Waals surface area (Å²) < 4.78 is 14.3. The van der Waals surface area contributed by atoms with Gasteiger partial charge in [-0.15, -0.1) is 0 Å². The molecule has 3 heterocycles. The number of carbonyl (C=O) groups excluding carboxylic acids is 1. The quantitative estimate of drug-likeness (QED) is 0.598. The third kappa shape index (κ3) is 1.96. The highest BCUT2D eigenvalue weighted by molar-refractivity contribution is 9.10. The molecule has 0 N–H and O–H groups in total. The first kappa shape index (κ1) is 15.9. The van der Waals surface area contributed by atoms with Gasteiger partial charge in [0, 0.05) is 36.5 Å². The number of nitrogens with zero attached hydrogens (tertiary/aromatic N) is 3. The summed E-state index contributed by atoms with van der Waals surface area (Å²) >= 11 is 3.27. The summed E-state index contributed by atoms with van der Waals surface area (Å²) in [6.07, 6.45) is 6.77. The number of likely N-dealkylation sites (N-methyl/N-ethyl adjacent to an activating group) is 1. The first-order valence-corrected chi connectivity index (χ1v) is 9.27. The van der Waals surface area contributed by atoms with Crippen LogP contribution in [0.15, 0.2) is 47.3 Å². The summed E-state index contributed by atoms with van der Waals surface area (Å²) in [5, 5.41) is 0.849. The lowest BCUT2D eigenvalue weighted by Crippen LogP contribution is -2.47. The van der Waals surface area contributed by atoms with Gasteiger partial charge < -0.3 is 4.90 Å². The van der Waals surface area contributed by atoms with Crippen molar-refractivity contribution in [2.75, 3.05) is 11.9 Å². The number of anilines is 1. The molecule has 0 saturated heterocycles. The minimum Gasteiger partial charge on any atom is -0.313 e. The van der Waals surface area contributed by atoms with Gasteiger partial charge in [0.1, 0.15) is 5.82 Å². The van der Waals surface area contributed by atoms with Gasteiger partial charge in [0.2, 0.25) is 5.91 Å². The number of benzene rings is 1. The second kappa shape index (κ2) is 5.33. The van der Waals surface area contributed by atoms with Gasteiger partial charge in [-0.1, -0.05) is 0 Å². The fraction of sp³-hybridized carbons (Fsp3) is 0.250. The van der Waals surface area contributed by atoms with E-state index in [1.165, 1.54) is 11.6 Å². The Balaban J connectivity index is 1.67. The molecule has 1 fully saturated rings. The predicted octanol–water partition coefficient (Wildman–Crippen LogP) is 4.32. The Morgan fingerprint density at radius 1 is 1.27 bits per heavy atom. The van der Waals surface area contributed by atoms with Gasteiger partial charge >= 0.3 is 0 Å². The standard InChI is InChI=1S/C20H15BrFN3O/c1-25-17-10-24-16-7-15(22)14(21)6-13(16)18(17)20(19(25)26)8-12(9-20)11-2-4-23-5-3-11/h2-7,10,12H,8-9H2,1H3. The smallest absolute Gasteiger partial charge is 0.237 e. The molecule has 4 nitrogen and oxygen atoms in total. The molecule has 3 aromatic rings. The van der Waals surface area contributed by atoms with Crippen molar-refractivity contribution >= 4 is 38.4 Å². The molecule has 1 aliphatic heterocycles. The van der Waals surface area contributed by atoms with Gasteiger partial charge in [-0.2, -0.15) is 0 Å². The van der Waals surface area contributed by atoms with E-state index in [4.69, 9.17) is 0 Å². The van der Waals surface area contributed by atoms with Gasteiger partial charge in [-0.05, 0) is 58.5 Å². The summed E-state index contributed by atoms with van der Waals surface area (Å²) in [5.41, 5.74) is 3.06. The Hall–Kier alpha value is -2.34. The Kier molecular flexibility index (Phi) is 3.26. The fourth-order valence-electron chi connectivity index (χ4n) is 4.50. The number of halogens is 2. The molecule has 0 radical (unpaired) electrons. The Morgan fingerprint density at radius 3 is 2.73 bits per heavy atom. The van der Waals surface area contributed by atoms with Crippen LogP contribution >= 0.6 is 15.9 Å². The minimum atomic E-state index is -0.545. The van der Waals surface area contributed by atoms with Crippen molar-refractivity contribution in [3.05, 3.63) is 64.3 Å². The molecule has 1 saturated carbocycles. The average molecular weight is 412 g/mol. The molecule has 0 atom stereocenters. The molecule has 1 amide bonds. The van der Waals surface area contributed by atoms with Crippen molar-refractivity contribution in [3.8, 4) is 0 Å². The van der Waals surface area contributed by atoms with Crippen LogP contribution in [0.25, 0.3) is 10.9 Å². The van der Waals surface area contributed by atoms with E-state index in [0.29, 0.717) is 15.9 Å². The van der Waals surface area contributed by atoms with Crippen molar-refractivity contribution in [1.82, 2.24) is 9.97 Å². The highest BCUT2D eigenvalue weighted by atomic mass is 79.9. The number of amides is 1. The van der Waals surface area contributed by atoms with E-state index in [0.717, 1.165) is 29.5 Å². The topological polar surface area (TPSA) is 46.1 Å². The van der Waals surface area contributed by atoms with Gasteiger partial charge in [0.05, 0.1) is 27.3 Å². The second-order valence-electron chi connectivity index (χ2n) is 7.13. The molecule has 0 unspecified atom stereocenters. The molecule has 2 aromatic heterocycles. The van der Waals surface area contributed by atoms with Crippen molar-refractivity contribution < 1.29 is 9.18 Å². The molecular formula is C20H15BrFN3O. The molecule has 5 rings (SSSR count). The van der Waals surface area contributed by atoms with E-state index in [1.807, 2.05) is 12.1 Å². The number of hydrogen-bond donors (Lipinski definition) is 0. The SMILES string of the molecule is CN1C(=O)C2(CC(c3ccncc3)C2)c2c1cnc1cc(F)c(Br)cc21. The lowest BCUT2D eigenvalue weighted by molar-refractivity contribution is -0.126. The first-order valence-electron chi connectivity index (χ1n) is 8.47. The number of hydrogen-bond acceptors (Lipinski definition) is 3. The average Bonchev–Trinajstić information content (AvgIpc) is 2.84. The van der Waals surface area contributed by atoms with Crippen LogP contribution in [0, 0.1) is 5.82 Å². The van der Waals surface area contributed by atoms with Crippen molar-refractivity contribution in [3.63, 3.8) is 0 Å². The van der Waals surface area contributed by atoms with Crippen LogP contribution in [0.3, 0.4) is 0 Å².